The van der Waals surface area contributed by atoms with Crippen LogP contribution in [0.5, 0.6) is 5.75 Å². The Kier molecular flexibility index (Phi) is 4.50. The van der Waals surface area contributed by atoms with Crippen LogP contribution in [0.1, 0.15) is 19.5 Å². The Morgan fingerprint density at radius 2 is 2.05 bits per heavy atom. The molecule has 3 heteroatoms. The van der Waals surface area contributed by atoms with Crippen LogP contribution < -0.4 is 10.1 Å². The fourth-order valence-corrected chi connectivity index (χ4v) is 1.83. The summed E-state index contributed by atoms with van der Waals surface area (Å²) in [5.74, 6) is 1.46. The number of anilines is 1. The van der Waals surface area contributed by atoms with Crippen LogP contribution in [0.2, 0.25) is 0 Å². The third-order valence-electron chi connectivity index (χ3n) is 2.94. The number of rotatable bonds is 6. The highest BCUT2D eigenvalue weighted by Crippen LogP contribution is 2.18. The first-order valence-corrected chi connectivity index (χ1v) is 6.72. The van der Waals surface area contributed by atoms with Gasteiger partial charge in [-0.05, 0) is 30.2 Å². The van der Waals surface area contributed by atoms with Crippen molar-refractivity contribution in [2.24, 2.45) is 13.0 Å². The molecular formula is C16H22N2O. The minimum Gasteiger partial charge on any atom is -0.493 e. The number of nitrogens with one attached hydrogen (secondary N) is 1. The van der Waals surface area contributed by atoms with E-state index in [4.69, 9.17) is 4.74 Å². The highest BCUT2D eigenvalue weighted by atomic mass is 16.5. The predicted molar refractivity (Wildman–Crippen MR) is 79.5 cm³/mol. The summed E-state index contributed by atoms with van der Waals surface area (Å²) in [4.78, 5) is 0. The molecule has 2 rings (SSSR count). The van der Waals surface area contributed by atoms with Gasteiger partial charge in [0.25, 0.3) is 0 Å². The predicted octanol–water partition coefficient (Wildman–Crippen LogP) is 3.67. The lowest BCUT2D eigenvalue weighted by Crippen LogP contribution is -2.06. The SMILES string of the molecule is CC(C)COc1cccc(NCc2cccn2C)c1. The number of aryl methyl sites for hydroxylation is 1. The van der Waals surface area contributed by atoms with Gasteiger partial charge in [0.15, 0.2) is 0 Å². The Hall–Kier alpha value is -1.90. The molecule has 0 aliphatic carbocycles. The summed E-state index contributed by atoms with van der Waals surface area (Å²) in [6, 6.07) is 12.3. The van der Waals surface area contributed by atoms with Gasteiger partial charge in [-0.2, -0.15) is 0 Å². The second-order valence-corrected chi connectivity index (χ2v) is 5.20. The van der Waals surface area contributed by atoms with E-state index < -0.39 is 0 Å². The topological polar surface area (TPSA) is 26.2 Å². The molecule has 0 radical (unpaired) electrons. The van der Waals surface area contributed by atoms with Crippen LogP contribution in [0.25, 0.3) is 0 Å². The minimum atomic E-state index is 0.542. The Morgan fingerprint density at radius 1 is 1.21 bits per heavy atom. The van der Waals surface area contributed by atoms with Crippen LogP contribution in [0.15, 0.2) is 42.6 Å². The normalized spacial score (nSPS) is 10.7. The van der Waals surface area contributed by atoms with Crippen molar-refractivity contribution in [2.75, 3.05) is 11.9 Å². The summed E-state index contributed by atoms with van der Waals surface area (Å²) in [6.07, 6.45) is 2.05. The molecule has 1 aromatic heterocycles. The van der Waals surface area contributed by atoms with E-state index in [1.165, 1.54) is 5.69 Å². The van der Waals surface area contributed by atoms with Crippen molar-refractivity contribution < 1.29 is 4.74 Å². The molecule has 0 bridgehead atoms. The van der Waals surface area contributed by atoms with Crippen molar-refractivity contribution in [1.82, 2.24) is 4.57 Å². The van der Waals surface area contributed by atoms with Gasteiger partial charge < -0.3 is 14.6 Å². The summed E-state index contributed by atoms with van der Waals surface area (Å²) in [6.45, 7) is 5.87. The first-order valence-electron chi connectivity index (χ1n) is 6.72. The molecule has 1 aromatic carbocycles. The third-order valence-corrected chi connectivity index (χ3v) is 2.94. The second-order valence-electron chi connectivity index (χ2n) is 5.20. The van der Waals surface area contributed by atoms with Crippen molar-refractivity contribution >= 4 is 5.69 Å². The molecule has 0 spiro atoms. The molecule has 2 aromatic rings. The maximum atomic E-state index is 5.72. The van der Waals surface area contributed by atoms with Gasteiger partial charge in [-0.1, -0.05) is 19.9 Å². The monoisotopic (exact) mass is 258 g/mol. The van der Waals surface area contributed by atoms with Crippen molar-refractivity contribution in [3.05, 3.63) is 48.3 Å². The fraction of sp³-hybridized carbons (Fsp3) is 0.375. The standard InChI is InChI=1S/C16H22N2O/c1-13(2)12-19-16-8-4-6-14(10-16)17-11-15-7-5-9-18(15)3/h4-10,13,17H,11-12H2,1-3H3. The van der Waals surface area contributed by atoms with E-state index in [2.05, 4.69) is 55.2 Å². The maximum Gasteiger partial charge on any atom is 0.121 e. The first-order chi connectivity index (χ1) is 9.15. The van der Waals surface area contributed by atoms with Gasteiger partial charge in [-0.3, -0.25) is 0 Å². The summed E-state index contributed by atoms with van der Waals surface area (Å²) < 4.78 is 7.84. The zero-order valence-corrected chi connectivity index (χ0v) is 11.9. The Balaban J connectivity index is 1.93. The molecule has 0 aliphatic rings. The molecule has 0 amide bonds. The Labute approximate surface area is 115 Å². The number of nitrogens with zero attached hydrogens (tertiary/aromatic N) is 1. The van der Waals surface area contributed by atoms with Crippen LogP contribution in [-0.4, -0.2) is 11.2 Å². The zero-order chi connectivity index (χ0) is 13.7. The quantitative estimate of drug-likeness (QED) is 0.855. The highest BCUT2D eigenvalue weighted by Gasteiger charge is 2.00. The van der Waals surface area contributed by atoms with E-state index in [0.29, 0.717) is 5.92 Å². The van der Waals surface area contributed by atoms with E-state index in [0.717, 1.165) is 24.6 Å². The smallest absolute Gasteiger partial charge is 0.121 e. The largest absolute Gasteiger partial charge is 0.493 e. The number of ether oxygens (including phenoxy) is 1. The average molecular weight is 258 g/mol. The number of hydrogen-bond donors (Lipinski definition) is 1. The zero-order valence-electron chi connectivity index (χ0n) is 11.9. The van der Waals surface area contributed by atoms with Crippen molar-refractivity contribution in [2.45, 2.75) is 20.4 Å². The summed E-state index contributed by atoms with van der Waals surface area (Å²) >= 11 is 0. The van der Waals surface area contributed by atoms with E-state index in [1.54, 1.807) is 0 Å². The summed E-state index contributed by atoms with van der Waals surface area (Å²) in [5, 5.41) is 3.42. The van der Waals surface area contributed by atoms with Crippen LogP contribution >= 0.6 is 0 Å². The van der Waals surface area contributed by atoms with Crippen LogP contribution in [-0.2, 0) is 13.6 Å². The van der Waals surface area contributed by atoms with Gasteiger partial charge in [0.05, 0.1) is 13.2 Å². The molecule has 102 valence electrons. The van der Waals surface area contributed by atoms with Gasteiger partial charge in [0.2, 0.25) is 0 Å². The number of benzene rings is 1. The molecule has 0 saturated heterocycles. The fourth-order valence-electron chi connectivity index (χ4n) is 1.83. The van der Waals surface area contributed by atoms with E-state index in [-0.39, 0.29) is 0 Å². The molecule has 3 nitrogen and oxygen atoms in total. The van der Waals surface area contributed by atoms with Gasteiger partial charge >= 0.3 is 0 Å². The molecule has 0 unspecified atom stereocenters. The van der Waals surface area contributed by atoms with Crippen LogP contribution in [0.4, 0.5) is 5.69 Å². The van der Waals surface area contributed by atoms with Crippen molar-refractivity contribution in [1.29, 1.82) is 0 Å². The van der Waals surface area contributed by atoms with E-state index in [1.807, 2.05) is 18.2 Å². The molecule has 0 fully saturated rings. The third kappa shape index (κ3) is 4.05. The molecule has 0 aliphatic heterocycles. The molecule has 1 N–H and O–H groups in total. The lowest BCUT2D eigenvalue weighted by molar-refractivity contribution is 0.271. The lowest BCUT2D eigenvalue weighted by atomic mass is 10.2. The molecular weight excluding hydrogens is 236 g/mol. The first kappa shape index (κ1) is 13.5. The maximum absolute atomic E-state index is 5.72. The van der Waals surface area contributed by atoms with Gasteiger partial charge in [0, 0.05) is 30.7 Å². The van der Waals surface area contributed by atoms with Crippen LogP contribution in [0, 0.1) is 5.92 Å². The average Bonchev–Trinajstić information content (AvgIpc) is 2.80. The van der Waals surface area contributed by atoms with E-state index in [9.17, 15) is 0 Å². The van der Waals surface area contributed by atoms with Crippen molar-refractivity contribution in [3.63, 3.8) is 0 Å². The van der Waals surface area contributed by atoms with Crippen molar-refractivity contribution in [3.8, 4) is 5.75 Å². The number of hydrogen-bond acceptors (Lipinski definition) is 2. The number of aromatic nitrogens is 1. The molecule has 19 heavy (non-hydrogen) atoms. The van der Waals surface area contributed by atoms with Gasteiger partial charge in [-0.15, -0.1) is 0 Å². The van der Waals surface area contributed by atoms with Crippen LogP contribution in [0.3, 0.4) is 0 Å². The van der Waals surface area contributed by atoms with Gasteiger partial charge in [0.1, 0.15) is 5.75 Å². The minimum absolute atomic E-state index is 0.542. The summed E-state index contributed by atoms with van der Waals surface area (Å²) in [7, 11) is 2.05. The summed E-state index contributed by atoms with van der Waals surface area (Å²) in [5.41, 5.74) is 2.34. The second kappa shape index (κ2) is 6.32. The Bertz CT molecular complexity index is 517. The lowest BCUT2D eigenvalue weighted by Gasteiger charge is -2.11. The molecule has 1 heterocycles. The molecule has 0 atom stereocenters. The highest BCUT2D eigenvalue weighted by molar-refractivity contribution is 5.48. The Morgan fingerprint density at radius 3 is 2.74 bits per heavy atom. The van der Waals surface area contributed by atoms with E-state index >= 15 is 0 Å². The molecule has 0 saturated carbocycles. The van der Waals surface area contributed by atoms with Gasteiger partial charge in [-0.25, -0.2) is 0 Å².